The highest BCUT2D eigenvalue weighted by molar-refractivity contribution is 14.0. The van der Waals surface area contributed by atoms with Crippen LogP contribution < -0.4 is 16.0 Å². The van der Waals surface area contributed by atoms with Gasteiger partial charge in [0.2, 0.25) is 5.91 Å². The van der Waals surface area contributed by atoms with Crippen molar-refractivity contribution in [3.8, 4) is 0 Å². The number of guanidine groups is 1. The summed E-state index contributed by atoms with van der Waals surface area (Å²) in [6, 6.07) is 7.74. The summed E-state index contributed by atoms with van der Waals surface area (Å²) < 4.78 is 5.78. The van der Waals surface area contributed by atoms with Crippen molar-refractivity contribution in [1.29, 1.82) is 0 Å². The molecule has 1 aromatic rings. The molecular formula is C20H35IN4O2. The smallest absolute Gasteiger partial charge is 0.221 e. The molecule has 0 spiro atoms. The van der Waals surface area contributed by atoms with Gasteiger partial charge in [0.1, 0.15) is 0 Å². The molecule has 1 amide bonds. The van der Waals surface area contributed by atoms with E-state index in [1.807, 2.05) is 38.1 Å². The number of carbonyl (C=O) groups excluding carboxylic acids is 1. The molecular weight excluding hydrogens is 455 g/mol. The lowest BCUT2D eigenvalue weighted by Gasteiger charge is -2.21. The van der Waals surface area contributed by atoms with Gasteiger partial charge in [-0.1, -0.05) is 26.0 Å². The van der Waals surface area contributed by atoms with E-state index >= 15 is 0 Å². The van der Waals surface area contributed by atoms with Crippen LogP contribution in [-0.2, 0) is 16.1 Å². The molecule has 27 heavy (non-hydrogen) atoms. The first-order valence-corrected chi connectivity index (χ1v) is 9.46. The first-order valence-electron chi connectivity index (χ1n) is 9.46. The number of nitrogens with one attached hydrogen (secondary N) is 3. The average Bonchev–Trinajstić information content (AvgIpc) is 2.58. The third-order valence-corrected chi connectivity index (χ3v) is 3.86. The van der Waals surface area contributed by atoms with Gasteiger partial charge in [-0.05, 0) is 43.9 Å². The van der Waals surface area contributed by atoms with E-state index in [2.05, 4.69) is 34.8 Å². The molecule has 0 aliphatic heterocycles. The van der Waals surface area contributed by atoms with Gasteiger partial charge in [-0.25, -0.2) is 4.99 Å². The van der Waals surface area contributed by atoms with Gasteiger partial charge in [-0.2, -0.15) is 0 Å². The summed E-state index contributed by atoms with van der Waals surface area (Å²) in [5.74, 6) is 1.21. The second kappa shape index (κ2) is 14.7. The number of hydrogen-bond acceptors (Lipinski definition) is 3. The summed E-state index contributed by atoms with van der Waals surface area (Å²) in [6.07, 6.45) is 1.19. The van der Waals surface area contributed by atoms with Crippen molar-refractivity contribution in [2.24, 2.45) is 10.9 Å². The van der Waals surface area contributed by atoms with Crippen molar-refractivity contribution in [2.75, 3.05) is 25.0 Å². The van der Waals surface area contributed by atoms with Crippen LogP contribution in [0.2, 0.25) is 0 Å². The second-order valence-corrected chi connectivity index (χ2v) is 6.53. The van der Waals surface area contributed by atoms with Gasteiger partial charge in [0.15, 0.2) is 5.96 Å². The van der Waals surface area contributed by atoms with Gasteiger partial charge in [0.05, 0.1) is 12.6 Å². The number of aliphatic imine (C=N–C) groups is 1. The summed E-state index contributed by atoms with van der Waals surface area (Å²) in [5.41, 5.74) is 1.84. The van der Waals surface area contributed by atoms with Crippen LogP contribution >= 0.6 is 24.0 Å². The van der Waals surface area contributed by atoms with Crippen molar-refractivity contribution in [2.45, 2.75) is 53.7 Å². The molecule has 0 aromatic heterocycles. The normalized spacial score (nSPS) is 12.3. The van der Waals surface area contributed by atoms with E-state index in [0.717, 1.165) is 43.3 Å². The van der Waals surface area contributed by atoms with Crippen molar-refractivity contribution in [3.63, 3.8) is 0 Å². The van der Waals surface area contributed by atoms with Gasteiger partial charge >= 0.3 is 0 Å². The average molecular weight is 490 g/mol. The van der Waals surface area contributed by atoms with Crippen LogP contribution in [0.25, 0.3) is 0 Å². The van der Waals surface area contributed by atoms with Crippen LogP contribution in [0, 0.1) is 5.92 Å². The van der Waals surface area contributed by atoms with Crippen LogP contribution in [0.15, 0.2) is 29.3 Å². The Bertz CT molecular complexity index is 579. The second-order valence-electron chi connectivity index (χ2n) is 6.53. The number of nitrogens with zero attached hydrogens (tertiary/aromatic N) is 1. The largest absolute Gasteiger partial charge is 0.378 e. The fraction of sp³-hybridized carbons (Fsp3) is 0.600. The first-order chi connectivity index (χ1) is 12.5. The number of anilines is 1. The van der Waals surface area contributed by atoms with Crippen molar-refractivity contribution in [3.05, 3.63) is 29.8 Å². The molecule has 0 aliphatic carbocycles. The highest BCUT2D eigenvalue weighted by Gasteiger charge is 2.12. The third kappa shape index (κ3) is 11.2. The lowest BCUT2D eigenvalue weighted by molar-refractivity contribution is -0.114. The minimum Gasteiger partial charge on any atom is -0.378 e. The maximum absolute atomic E-state index is 11.2. The molecule has 0 bridgehead atoms. The zero-order valence-corrected chi connectivity index (χ0v) is 19.5. The summed E-state index contributed by atoms with van der Waals surface area (Å²) in [7, 11) is 0. The fourth-order valence-electron chi connectivity index (χ4n) is 2.62. The summed E-state index contributed by atoms with van der Waals surface area (Å²) >= 11 is 0. The van der Waals surface area contributed by atoms with Crippen molar-refractivity contribution < 1.29 is 9.53 Å². The lowest BCUT2D eigenvalue weighted by atomic mass is 10.0. The van der Waals surface area contributed by atoms with E-state index in [-0.39, 0.29) is 36.0 Å². The minimum atomic E-state index is -0.0744. The van der Waals surface area contributed by atoms with Crippen LogP contribution in [-0.4, -0.2) is 37.7 Å². The molecule has 0 aliphatic rings. The number of hydrogen-bond donors (Lipinski definition) is 3. The zero-order chi connectivity index (χ0) is 19.4. The topological polar surface area (TPSA) is 74.8 Å². The maximum Gasteiger partial charge on any atom is 0.221 e. The predicted molar refractivity (Wildman–Crippen MR) is 124 cm³/mol. The van der Waals surface area contributed by atoms with Gasteiger partial charge in [-0.3, -0.25) is 4.79 Å². The highest BCUT2D eigenvalue weighted by atomic mass is 127. The number of amides is 1. The third-order valence-electron chi connectivity index (χ3n) is 3.86. The van der Waals surface area contributed by atoms with Gasteiger partial charge in [0, 0.05) is 32.3 Å². The summed E-state index contributed by atoms with van der Waals surface area (Å²) in [5, 5.41) is 9.43. The minimum absolute atomic E-state index is 0. The monoisotopic (exact) mass is 490 g/mol. The molecule has 0 radical (unpaired) electrons. The molecule has 1 aromatic carbocycles. The Hall–Kier alpha value is -1.35. The maximum atomic E-state index is 11.2. The molecule has 154 valence electrons. The SMILES string of the molecule is CCNC(=NCc1cccc(NC(C)=O)c1)NCCC(OCC)C(C)C.I. The Morgan fingerprint density at radius 3 is 2.56 bits per heavy atom. The predicted octanol–water partition coefficient (Wildman–Crippen LogP) is 3.77. The van der Waals surface area contributed by atoms with Crippen LogP contribution in [0.3, 0.4) is 0 Å². The Kier molecular flexibility index (Phi) is 13.9. The van der Waals surface area contributed by atoms with E-state index < -0.39 is 0 Å². The lowest BCUT2D eigenvalue weighted by Crippen LogP contribution is -2.39. The number of carbonyl (C=O) groups is 1. The molecule has 0 heterocycles. The summed E-state index contributed by atoms with van der Waals surface area (Å²) in [6.45, 7) is 12.8. The molecule has 1 unspecified atom stereocenters. The van der Waals surface area contributed by atoms with Crippen LogP contribution in [0.1, 0.15) is 46.6 Å². The molecule has 6 nitrogen and oxygen atoms in total. The quantitative estimate of drug-likeness (QED) is 0.265. The van der Waals surface area contributed by atoms with Gasteiger partial charge in [0.25, 0.3) is 0 Å². The molecule has 0 fully saturated rings. The van der Waals surface area contributed by atoms with Crippen LogP contribution in [0.4, 0.5) is 5.69 Å². The van der Waals surface area contributed by atoms with E-state index in [1.165, 1.54) is 6.92 Å². The van der Waals surface area contributed by atoms with Crippen molar-refractivity contribution in [1.82, 2.24) is 10.6 Å². The number of rotatable bonds is 10. The first kappa shape index (κ1) is 25.6. The summed E-state index contributed by atoms with van der Waals surface area (Å²) in [4.78, 5) is 15.8. The highest BCUT2D eigenvalue weighted by Crippen LogP contribution is 2.12. The number of benzene rings is 1. The Morgan fingerprint density at radius 1 is 1.22 bits per heavy atom. The van der Waals surface area contributed by atoms with Gasteiger partial charge in [-0.15, -0.1) is 24.0 Å². The van der Waals surface area contributed by atoms with Crippen molar-refractivity contribution >= 4 is 41.5 Å². The molecule has 7 heteroatoms. The molecule has 1 atom stereocenters. The van der Waals surface area contributed by atoms with E-state index in [0.29, 0.717) is 12.5 Å². The molecule has 3 N–H and O–H groups in total. The van der Waals surface area contributed by atoms with E-state index in [9.17, 15) is 4.79 Å². The Labute approximate surface area is 181 Å². The standard InChI is InChI=1S/C20H34N4O2.HI/c1-6-21-20(22-12-11-19(15(3)4)26-7-2)23-14-17-9-8-10-18(13-17)24-16(5)25;/h8-10,13,15,19H,6-7,11-12,14H2,1-5H3,(H,24,25)(H2,21,22,23);1H. The fourth-order valence-corrected chi connectivity index (χ4v) is 2.62. The molecule has 1 rings (SSSR count). The number of ether oxygens (including phenoxy) is 1. The van der Waals surface area contributed by atoms with E-state index in [4.69, 9.17) is 4.74 Å². The number of halogens is 1. The van der Waals surface area contributed by atoms with E-state index in [1.54, 1.807) is 0 Å². The van der Waals surface area contributed by atoms with Crippen LogP contribution in [0.5, 0.6) is 0 Å². The molecule has 0 saturated carbocycles. The Balaban J connectivity index is 0.00000676. The molecule has 0 saturated heterocycles. The Morgan fingerprint density at radius 2 is 1.96 bits per heavy atom. The zero-order valence-electron chi connectivity index (χ0n) is 17.2. The van der Waals surface area contributed by atoms with Gasteiger partial charge < -0.3 is 20.7 Å².